The number of nitrogens with zero attached hydrogens (tertiary/aromatic N) is 3. The van der Waals surface area contributed by atoms with Gasteiger partial charge in [0.2, 0.25) is 0 Å². The molecule has 2 aromatic heterocycles. The fraction of sp³-hybridized carbons (Fsp3) is 0.162. The van der Waals surface area contributed by atoms with Gasteiger partial charge in [0.05, 0.1) is 28.5 Å². The minimum atomic E-state index is -0.666. The van der Waals surface area contributed by atoms with Crippen molar-refractivity contribution in [3.05, 3.63) is 150 Å². The predicted molar refractivity (Wildman–Crippen MR) is 177 cm³/mol. The van der Waals surface area contributed by atoms with Crippen LogP contribution in [0.3, 0.4) is 0 Å². The van der Waals surface area contributed by atoms with E-state index in [9.17, 15) is 9.59 Å². The standard InChI is InChI=1S/C37H31N3O3S/c1-4-43-36(42)33-24(3)38-37-40(34(33)30-18-11-15-25-13-7-8-16-28(25)30)35(41)32(44-37)20-27-22-39(31-19-10-9-17-29(27)31)21-26-14-6-5-12-23(26)2/h5-20,22,34H,4,21H2,1-3H3/b32-20+/t34-/m1/s1. The monoisotopic (exact) mass is 597 g/mol. The molecule has 0 N–H and O–H groups in total. The molecule has 4 aromatic carbocycles. The molecule has 6 nitrogen and oxygen atoms in total. The number of benzene rings is 4. The SMILES string of the molecule is CCOC(=O)C1=C(C)N=c2s/c(=C/c3cn(Cc4ccccc4C)c4ccccc34)c(=O)n2[C@@H]1c1cccc2ccccc12. The molecule has 1 atom stereocenters. The van der Waals surface area contributed by atoms with Gasteiger partial charge in [-0.3, -0.25) is 9.36 Å². The zero-order valence-corrected chi connectivity index (χ0v) is 25.6. The number of fused-ring (bicyclic) bond motifs is 3. The van der Waals surface area contributed by atoms with Gasteiger partial charge in [-0.25, -0.2) is 9.79 Å². The third-order valence-electron chi connectivity index (χ3n) is 8.34. The smallest absolute Gasteiger partial charge is 0.338 e. The number of rotatable bonds is 6. The number of carbonyl (C=O) groups is 1. The lowest BCUT2D eigenvalue weighted by atomic mass is 9.91. The third kappa shape index (κ3) is 4.70. The van der Waals surface area contributed by atoms with Crippen LogP contribution in [0.15, 0.2) is 118 Å². The number of aromatic nitrogens is 2. The Morgan fingerprint density at radius 1 is 0.932 bits per heavy atom. The highest BCUT2D eigenvalue weighted by molar-refractivity contribution is 7.07. The molecular formula is C37H31N3O3S. The maximum Gasteiger partial charge on any atom is 0.338 e. The first kappa shape index (κ1) is 27.8. The highest BCUT2D eigenvalue weighted by Crippen LogP contribution is 2.35. The van der Waals surface area contributed by atoms with E-state index in [-0.39, 0.29) is 12.2 Å². The topological polar surface area (TPSA) is 65.6 Å². The van der Waals surface area contributed by atoms with Crippen LogP contribution in [0.2, 0.25) is 0 Å². The molecule has 0 fully saturated rings. The number of allylic oxidation sites excluding steroid dienone is 1. The Bertz CT molecular complexity index is 2300. The summed E-state index contributed by atoms with van der Waals surface area (Å²) in [6, 6.07) is 30.0. The van der Waals surface area contributed by atoms with Gasteiger partial charge in [-0.15, -0.1) is 0 Å². The van der Waals surface area contributed by atoms with Crippen molar-refractivity contribution in [3.8, 4) is 0 Å². The van der Waals surface area contributed by atoms with Gasteiger partial charge in [0.15, 0.2) is 4.80 Å². The van der Waals surface area contributed by atoms with Crippen LogP contribution in [0.5, 0.6) is 0 Å². The van der Waals surface area contributed by atoms with Crippen LogP contribution in [0.4, 0.5) is 0 Å². The number of para-hydroxylation sites is 1. The Morgan fingerprint density at radius 2 is 1.66 bits per heavy atom. The molecule has 0 amide bonds. The zero-order valence-electron chi connectivity index (χ0n) is 24.8. The maximum absolute atomic E-state index is 14.3. The van der Waals surface area contributed by atoms with E-state index in [1.54, 1.807) is 11.5 Å². The molecule has 7 rings (SSSR count). The number of hydrogen-bond donors (Lipinski definition) is 0. The Labute approximate surface area is 258 Å². The van der Waals surface area contributed by atoms with Crippen LogP contribution in [-0.4, -0.2) is 21.7 Å². The second-order valence-corrected chi connectivity index (χ2v) is 12.0. The molecule has 0 unspecified atom stereocenters. The van der Waals surface area contributed by atoms with Gasteiger partial charge in [-0.05, 0) is 60.4 Å². The van der Waals surface area contributed by atoms with Gasteiger partial charge in [0, 0.05) is 29.2 Å². The zero-order chi connectivity index (χ0) is 30.4. The van der Waals surface area contributed by atoms with Gasteiger partial charge < -0.3 is 9.30 Å². The summed E-state index contributed by atoms with van der Waals surface area (Å²) in [6.07, 6.45) is 4.08. The van der Waals surface area contributed by atoms with Crippen molar-refractivity contribution in [2.75, 3.05) is 6.61 Å². The first-order valence-corrected chi connectivity index (χ1v) is 15.6. The Balaban J connectivity index is 1.43. The second kappa shape index (κ2) is 11.2. The van der Waals surface area contributed by atoms with Crippen LogP contribution in [0.25, 0.3) is 27.8 Å². The lowest BCUT2D eigenvalue weighted by Crippen LogP contribution is -2.40. The molecule has 0 saturated carbocycles. The molecule has 1 aliphatic heterocycles. The lowest BCUT2D eigenvalue weighted by Gasteiger charge is -2.25. The number of thiazole rings is 1. The van der Waals surface area contributed by atoms with E-state index in [0.29, 0.717) is 20.6 Å². The molecular weight excluding hydrogens is 566 g/mol. The van der Waals surface area contributed by atoms with Gasteiger partial charge >= 0.3 is 5.97 Å². The van der Waals surface area contributed by atoms with E-state index in [1.165, 1.54) is 22.5 Å². The molecule has 0 spiro atoms. The minimum absolute atomic E-state index is 0.184. The van der Waals surface area contributed by atoms with Crippen molar-refractivity contribution < 1.29 is 9.53 Å². The fourth-order valence-corrected chi connectivity index (χ4v) is 7.25. The largest absolute Gasteiger partial charge is 0.463 e. The lowest BCUT2D eigenvalue weighted by molar-refractivity contribution is -0.139. The predicted octanol–water partition coefficient (Wildman–Crippen LogP) is 6.26. The van der Waals surface area contributed by atoms with Crippen molar-refractivity contribution in [2.24, 2.45) is 4.99 Å². The van der Waals surface area contributed by atoms with Crippen molar-refractivity contribution >= 4 is 45.1 Å². The Kier molecular flexibility index (Phi) is 7.10. The maximum atomic E-state index is 14.3. The van der Waals surface area contributed by atoms with E-state index >= 15 is 0 Å². The van der Waals surface area contributed by atoms with Crippen molar-refractivity contribution in [3.63, 3.8) is 0 Å². The van der Waals surface area contributed by atoms with Crippen LogP contribution in [0.1, 0.15) is 42.1 Å². The summed E-state index contributed by atoms with van der Waals surface area (Å²) < 4.78 is 9.97. The van der Waals surface area contributed by atoms with E-state index in [2.05, 4.69) is 54.1 Å². The Morgan fingerprint density at radius 3 is 2.48 bits per heavy atom. The van der Waals surface area contributed by atoms with Crippen LogP contribution in [0, 0.1) is 6.92 Å². The average Bonchev–Trinajstić information content (AvgIpc) is 3.53. The minimum Gasteiger partial charge on any atom is -0.463 e. The summed E-state index contributed by atoms with van der Waals surface area (Å²) >= 11 is 1.35. The molecule has 0 aliphatic carbocycles. The van der Waals surface area contributed by atoms with Crippen molar-refractivity contribution in [1.29, 1.82) is 0 Å². The summed E-state index contributed by atoms with van der Waals surface area (Å²) in [7, 11) is 0. The van der Waals surface area contributed by atoms with Crippen LogP contribution < -0.4 is 14.9 Å². The summed E-state index contributed by atoms with van der Waals surface area (Å²) in [5, 5.41) is 3.08. The van der Waals surface area contributed by atoms with Crippen molar-refractivity contribution in [2.45, 2.75) is 33.4 Å². The average molecular weight is 598 g/mol. The summed E-state index contributed by atoms with van der Waals surface area (Å²) in [6.45, 7) is 6.69. The number of hydrogen-bond acceptors (Lipinski definition) is 5. The number of esters is 1. The van der Waals surface area contributed by atoms with E-state index in [4.69, 9.17) is 9.73 Å². The molecule has 3 heterocycles. The normalized spacial score (nSPS) is 15.1. The summed E-state index contributed by atoms with van der Waals surface area (Å²) in [5.74, 6) is -0.458. The molecule has 218 valence electrons. The van der Waals surface area contributed by atoms with Gasteiger partial charge in [0.1, 0.15) is 0 Å². The number of carbonyl (C=O) groups excluding carboxylic acids is 1. The molecule has 6 aromatic rings. The third-order valence-corrected chi connectivity index (χ3v) is 9.33. The van der Waals surface area contributed by atoms with Gasteiger partial charge in [-0.1, -0.05) is 96.3 Å². The van der Waals surface area contributed by atoms with Crippen LogP contribution >= 0.6 is 11.3 Å². The summed E-state index contributed by atoms with van der Waals surface area (Å²) in [5.41, 5.74) is 6.17. The molecule has 0 saturated heterocycles. The first-order valence-electron chi connectivity index (χ1n) is 14.7. The van der Waals surface area contributed by atoms with E-state index in [0.717, 1.165) is 39.3 Å². The molecule has 7 heteroatoms. The van der Waals surface area contributed by atoms with E-state index < -0.39 is 12.0 Å². The quantitative estimate of drug-likeness (QED) is 0.213. The molecule has 0 bridgehead atoms. The second-order valence-electron chi connectivity index (χ2n) is 11.0. The van der Waals surface area contributed by atoms with Crippen molar-refractivity contribution in [1.82, 2.24) is 9.13 Å². The highest BCUT2D eigenvalue weighted by atomic mass is 32.1. The molecule has 44 heavy (non-hydrogen) atoms. The number of ether oxygens (including phenoxy) is 1. The molecule has 0 radical (unpaired) electrons. The van der Waals surface area contributed by atoms with Gasteiger partial charge in [-0.2, -0.15) is 0 Å². The van der Waals surface area contributed by atoms with E-state index in [1.807, 2.05) is 67.6 Å². The Hall–Kier alpha value is -5.01. The van der Waals surface area contributed by atoms with Gasteiger partial charge in [0.25, 0.3) is 5.56 Å². The van der Waals surface area contributed by atoms with Crippen LogP contribution in [-0.2, 0) is 16.1 Å². The first-order chi connectivity index (χ1) is 21.4. The summed E-state index contributed by atoms with van der Waals surface area (Å²) in [4.78, 5) is 33.1. The molecule has 1 aliphatic rings. The number of aryl methyl sites for hydroxylation is 1. The fourth-order valence-electron chi connectivity index (χ4n) is 6.21. The highest BCUT2D eigenvalue weighted by Gasteiger charge is 2.34.